The molecule has 0 aromatic heterocycles. The lowest BCUT2D eigenvalue weighted by molar-refractivity contribution is -0.145. The zero-order valence-electron chi connectivity index (χ0n) is 26.0. The number of carboxylic acids is 1. The van der Waals surface area contributed by atoms with Crippen molar-refractivity contribution in [1.29, 1.82) is 0 Å². The van der Waals surface area contributed by atoms with Crippen LogP contribution in [0.15, 0.2) is 42.5 Å². The Labute approximate surface area is 263 Å². The van der Waals surface area contributed by atoms with E-state index in [0.717, 1.165) is 16.8 Å². The molecule has 11 nitrogen and oxygen atoms in total. The summed E-state index contributed by atoms with van der Waals surface area (Å²) in [5, 5.41) is 21.1. The van der Waals surface area contributed by atoms with E-state index in [1.165, 1.54) is 20.1 Å². The zero-order chi connectivity index (χ0) is 32.6. The second kappa shape index (κ2) is 18.6. The summed E-state index contributed by atoms with van der Waals surface area (Å²) in [7, 11) is 1.29. The van der Waals surface area contributed by atoms with Crippen molar-refractivity contribution in [1.82, 2.24) is 16.0 Å². The van der Waals surface area contributed by atoms with E-state index in [1.54, 1.807) is 30.0 Å². The molecule has 2 aromatic rings. The maximum absolute atomic E-state index is 13.0. The van der Waals surface area contributed by atoms with Gasteiger partial charge in [0.25, 0.3) is 0 Å². The van der Waals surface area contributed by atoms with Gasteiger partial charge in [-0.3, -0.25) is 14.4 Å². The number of anilines is 2. The molecule has 0 spiro atoms. The Morgan fingerprint density at radius 2 is 1.68 bits per heavy atom. The summed E-state index contributed by atoms with van der Waals surface area (Å²) >= 11 is 1.58. The smallest absolute Gasteiger partial charge is 0.337 e. The topological polar surface area (TPSA) is 163 Å². The third-order valence-electron chi connectivity index (χ3n) is 6.86. The largest absolute Gasteiger partial charge is 0.478 e. The first-order chi connectivity index (χ1) is 21.0. The Kier molecular flexibility index (Phi) is 15.2. The number of hydrogen-bond acceptors (Lipinski definition) is 8. The van der Waals surface area contributed by atoms with Crippen molar-refractivity contribution in [2.75, 3.05) is 31.0 Å². The van der Waals surface area contributed by atoms with E-state index in [0.29, 0.717) is 37.2 Å². The second-order valence-corrected chi connectivity index (χ2v) is 11.7. The molecule has 0 saturated carbocycles. The van der Waals surface area contributed by atoms with Gasteiger partial charge >= 0.3 is 11.9 Å². The van der Waals surface area contributed by atoms with Gasteiger partial charge in [0, 0.05) is 32.0 Å². The number of carbonyl (C=O) groups is 5. The van der Waals surface area contributed by atoms with E-state index in [1.807, 2.05) is 38.3 Å². The fraction of sp³-hybridized carbons (Fsp3) is 0.469. The summed E-state index contributed by atoms with van der Waals surface area (Å²) in [6.07, 6.45) is 3.90. The highest BCUT2D eigenvalue weighted by Crippen LogP contribution is 2.30. The monoisotopic (exact) mass is 628 g/mol. The van der Waals surface area contributed by atoms with Crippen LogP contribution in [0.3, 0.4) is 0 Å². The summed E-state index contributed by atoms with van der Waals surface area (Å²) in [5.74, 6) is -1.63. The first-order valence-electron chi connectivity index (χ1n) is 14.6. The van der Waals surface area contributed by atoms with E-state index < -0.39 is 24.0 Å². The maximum Gasteiger partial charge on any atom is 0.337 e. The highest BCUT2D eigenvalue weighted by molar-refractivity contribution is 7.98. The standard InChI is InChI=1S/C32H44N4O7S/c1-20(2)24-18-22(13-14-26(24)35-25-11-7-6-10-23(25)31(40)41)19-28(34-21(3)37)30(39)33-16-9-8-12-29(38)36-27(15-17-44-5)32(42)43-4/h6-7,10-11,13-14,18,20,27-28,35H,8-9,12,15-17,19H2,1-5H3,(H,33,39)(H,34,37)(H,36,38)(H,40,41). The molecule has 0 aliphatic heterocycles. The van der Waals surface area contributed by atoms with E-state index in [2.05, 4.69) is 21.3 Å². The molecule has 0 bridgehead atoms. The van der Waals surface area contributed by atoms with Gasteiger partial charge in [0.15, 0.2) is 0 Å². The number of nitrogens with one attached hydrogen (secondary N) is 4. The third-order valence-corrected chi connectivity index (χ3v) is 7.50. The van der Waals surface area contributed by atoms with Crippen LogP contribution in [0.5, 0.6) is 0 Å². The first-order valence-corrected chi connectivity index (χ1v) is 16.0. The second-order valence-electron chi connectivity index (χ2n) is 10.7. The van der Waals surface area contributed by atoms with Gasteiger partial charge in [-0.2, -0.15) is 11.8 Å². The van der Waals surface area contributed by atoms with E-state index in [4.69, 9.17) is 4.74 Å². The Balaban J connectivity index is 1.99. The molecule has 2 atom stereocenters. The minimum absolute atomic E-state index is 0.0908. The number of unbranched alkanes of at least 4 members (excludes halogenated alkanes) is 1. The summed E-state index contributed by atoms with van der Waals surface area (Å²) in [6, 6.07) is 10.8. The molecule has 2 rings (SSSR count). The number of amides is 3. The van der Waals surface area contributed by atoms with Gasteiger partial charge in [0.05, 0.1) is 18.4 Å². The predicted molar refractivity (Wildman–Crippen MR) is 172 cm³/mol. The van der Waals surface area contributed by atoms with Crippen LogP contribution in [0.25, 0.3) is 0 Å². The van der Waals surface area contributed by atoms with Gasteiger partial charge < -0.3 is 31.1 Å². The number of methoxy groups -OCH3 is 1. The molecule has 2 aromatic carbocycles. The molecule has 3 amide bonds. The molecule has 5 N–H and O–H groups in total. The SMILES string of the molecule is COC(=O)C(CCSC)NC(=O)CCCCNC(=O)C(Cc1ccc(Nc2ccccc2C(=O)O)c(C(C)C)c1)NC(C)=O. The Bertz CT molecular complexity index is 1300. The van der Waals surface area contributed by atoms with Crippen molar-refractivity contribution < 1.29 is 33.8 Å². The van der Waals surface area contributed by atoms with E-state index >= 15 is 0 Å². The number of thioether (sulfide) groups is 1. The quantitative estimate of drug-likeness (QED) is 0.121. The number of rotatable bonds is 18. The van der Waals surface area contributed by atoms with Crippen LogP contribution in [0, 0.1) is 0 Å². The lowest BCUT2D eigenvalue weighted by Gasteiger charge is -2.21. The van der Waals surface area contributed by atoms with Crippen LogP contribution >= 0.6 is 11.8 Å². The molecular formula is C32H44N4O7S. The van der Waals surface area contributed by atoms with Crippen molar-refractivity contribution in [2.45, 2.75) is 70.9 Å². The number of benzene rings is 2. The normalized spacial score (nSPS) is 12.1. The Morgan fingerprint density at radius 3 is 2.32 bits per heavy atom. The van der Waals surface area contributed by atoms with Gasteiger partial charge in [-0.25, -0.2) is 9.59 Å². The Morgan fingerprint density at radius 1 is 0.955 bits per heavy atom. The number of carbonyl (C=O) groups excluding carboxylic acids is 4. The van der Waals surface area contributed by atoms with Crippen molar-refractivity contribution >= 4 is 52.8 Å². The highest BCUT2D eigenvalue weighted by atomic mass is 32.2. The van der Waals surface area contributed by atoms with Gasteiger partial charge in [-0.05, 0) is 66.5 Å². The van der Waals surface area contributed by atoms with Crippen LogP contribution in [-0.2, 0) is 30.3 Å². The number of hydrogen-bond donors (Lipinski definition) is 5. The average Bonchev–Trinajstić information content (AvgIpc) is 2.98. The van der Waals surface area contributed by atoms with Crippen molar-refractivity contribution in [3.05, 3.63) is 59.2 Å². The van der Waals surface area contributed by atoms with Crippen LogP contribution in [0.4, 0.5) is 11.4 Å². The molecule has 240 valence electrons. The van der Waals surface area contributed by atoms with Crippen molar-refractivity contribution in [2.24, 2.45) is 0 Å². The fourth-order valence-corrected chi connectivity index (χ4v) is 5.05. The molecule has 0 radical (unpaired) electrons. The van der Waals surface area contributed by atoms with Crippen LogP contribution < -0.4 is 21.3 Å². The van der Waals surface area contributed by atoms with E-state index in [9.17, 15) is 29.1 Å². The molecule has 0 aliphatic carbocycles. The van der Waals surface area contributed by atoms with Crippen LogP contribution in [0.1, 0.15) is 73.9 Å². The summed E-state index contributed by atoms with van der Waals surface area (Å²) in [4.78, 5) is 60.8. The van der Waals surface area contributed by atoms with Crippen molar-refractivity contribution in [3.63, 3.8) is 0 Å². The van der Waals surface area contributed by atoms with Gasteiger partial charge in [0.1, 0.15) is 12.1 Å². The van der Waals surface area contributed by atoms with Gasteiger partial charge in [0.2, 0.25) is 17.7 Å². The lowest BCUT2D eigenvalue weighted by atomic mass is 9.95. The van der Waals surface area contributed by atoms with Crippen molar-refractivity contribution in [3.8, 4) is 0 Å². The highest BCUT2D eigenvalue weighted by Gasteiger charge is 2.22. The summed E-state index contributed by atoms with van der Waals surface area (Å²) < 4.78 is 4.77. The van der Waals surface area contributed by atoms with Gasteiger partial charge in [-0.1, -0.05) is 38.1 Å². The molecule has 0 fully saturated rings. The maximum atomic E-state index is 13.0. The molecule has 0 aliphatic rings. The molecule has 0 saturated heterocycles. The summed E-state index contributed by atoms with van der Waals surface area (Å²) in [5.41, 5.74) is 3.15. The zero-order valence-corrected chi connectivity index (χ0v) is 26.8. The van der Waals surface area contributed by atoms with Crippen LogP contribution in [0.2, 0.25) is 0 Å². The van der Waals surface area contributed by atoms with Crippen LogP contribution in [-0.4, -0.2) is 72.5 Å². The fourth-order valence-electron chi connectivity index (χ4n) is 4.58. The first kappa shape index (κ1) is 36.1. The molecule has 44 heavy (non-hydrogen) atoms. The number of carboxylic acid groups (broad SMARTS) is 1. The number of ether oxygens (including phenoxy) is 1. The predicted octanol–water partition coefficient (Wildman–Crippen LogP) is 4.00. The van der Waals surface area contributed by atoms with Gasteiger partial charge in [-0.15, -0.1) is 0 Å². The third kappa shape index (κ3) is 11.9. The molecular weight excluding hydrogens is 584 g/mol. The lowest BCUT2D eigenvalue weighted by Crippen LogP contribution is -2.47. The average molecular weight is 629 g/mol. The molecule has 2 unspecified atom stereocenters. The minimum Gasteiger partial charge on any atom is -0.478 e. The minimum atomic E-state index is -1.03. The molecule has 0 heterocycles. The molecule has 12 heteroatoms. The Hall–Kier alpha value is -4.06. The summed E-state index contributed by atoms with van der Waals surface area (Å²) in [6.45, 7) is 5.71. The number of aromatic carboxylic acids is 1. The van der Waals surface area contributed by atoms with E-state index in [-0.39, 0.29) is 42.0 Å². The number of para-hydroxylation sites is 1. The number of esters is 1.